The van der Waals surface area contributed by atoms with E-state index in [1.54, 1.807) is 18.2 Å². The van der Waals surface area contributed by atoms with Crippen LogP contribution in [-0.4, -0.2) is 10.5 Å². The lowest BCUT2D eigenvalue weighted by atomic mass is 10.1. The molecule has 0 aliphatic carbocycles. The Morgan fingerprint density at radius 3 is 2.79 bits per heavy atom. The van der Waals surface area contributed by atoms with Crippen LogP contribution < -0.4 is 4.80 Å². The third-order valence-electron chi connectivity index (χ3n) is 3.73. The molecule has 5 heteroatoms. The molecule has 3 aromatic rings. The number of amides is 1. The number of carbonyl (C=O) groups is 1. The van der Waals surface area contributed by atoms with Crippen molar-refractivity contribution in [1.29, 1.82) is 0 Å². The fourth-order valence-corrected chi connectivity index (χ4v) is 3.77. The SMILES string of the molecule is C=CCn1c(=NC(=O)c2ccccc2F)sc2c(C)cc(C)cc21. The van der Waals surface area contributed by atoms with Gasteiger partial charge in [0.25, 0.3) is 5.91 Å². The number of hydrogen-bond acceptors (Lipinski definition) is 2. The van der Waals surface area contributed by atoms with Crippen LogP contribution in [0.2, 0.25) is 0 Å². The Balaban J connectivity index is 2.23. The molecule has 0 aliphatic heterocycles. The van der Waals surface area contributed by atoms with Crippen molar-refractivity contribution in [2.24, 2.45) is 4.99 Å². The smallest absolute Gasteiger partial charge is 0.282 e. The zero-order valence-corrected chi connectivity index (χ0v) is 14.4. The van der Waals surface area contributed by atoms with Crippen LogP contribution in [0.1, 0.15) is 21.5 Å². The highest BCUT2D eigenvalue weighted by atomic mass is 32.1. The standard InChI is InChI=1S/C19H17FN2OS/c1-4-9-22-16-11-12(2)10-13(3)17(16)24-19(22)21-18(23)14-7-5-6-8-15(14)20/h4-8,10-11H,1,9H2,2-3H3. The molecule has 0 atom stereocenters. The lowest BCUT2D eigenvalue weighted by molar-refractivity contribution is 0.0994. The number of aromatic nitrogens is 1. The number of halogens is 1. The zero-order valence-electron chi connectivity index (χ0n) is 13.5. The van der Waals surface area contributed by atoms with Crippen LogP contribution >= 0.6 is 11.3 Å². The number of nitrogens with zero attached hydrogens (tertiary/aromatic N) is 2. The average molecular weight is 340 g/mol. The summed E-state index contributed by atoms with van der Waals surface area (Å²) in [4.78, 5) is 17.1. The Labute approximate surface area is 143 Å². The van der Waals surface area contributed by atoms with E-state index in [2.05, 4.69) is 23.7 Å². The first-order valence-corrected chi connectivity index (χ1v) is 8.38. The van der Waals surface area contributed by atoms with Gasteiger partial charge in [0.05, 0.1) is 15.8 Å². The Morgan fingerprint density at radius 1 is 1.33 bits per heavy atom. The lowest BCUT2D eigenvalue weighted by Gasteiger charge is -2.03. The molecule has 3 rings (SSSR count). The topological polar surface area (TPSA) is 34.4 Å². The van der Waals surface area contributed by atoms with Gasteiger partial charge in [-0.2, -0.15) is 4.99 Å². The largest absolute Gasteiger partial charge is 0.312 e. The van der Waals surface area contributed by atoms with Gasteiger partial charge in [-0.15, -0.1) is 6.58 Å². The first kappa shape index (κ1) is 16.3. The predicted octanol–water partition coefficient (Wildman–Crippen LogP) is 4.39. The van der Waals surface area contributed by atoms with Gasteiger partial charge < -0.3 is 4.57 Å². The van der Waals surface area contributed by atoms with Gasteiger partial charge in [-0.3, -0.25) is 4.79 Å². The van der Waals surface area contributed by atoms with Crippen molar-refractivity contribution in [3.05, 3.63) is 76.4 Å². The minimum atomic E-state index is -0.577. The zero-order chi connectivity index (χ0) is 17.3. The third-order valence-corrected chi connectivity index (χ3v) is 4.96. The van der Waals surface area contributed by atoms with Crippen LogP contribution in [0.25, 0.3) is 10.2 Å². The van der Waals surface area contributed by atoms with Gasteiger partial charge in [0, 0.05) is 6.54 Å². The van der Waals surface area contributed by atoms with E-state index in [1.807, 2.05) is 18.4 Å². The van der Waals surface area contributed by atoms with Crippen LogP contribution in [0.5, 0.6) is 0 Å². The van der Waals surface area contributed by atoms with Gasteiger partial charge in [-0.25, -0.2) is 4.39 Å². The van der Waals surface area contributed by atoms with Crippen LogP contribution in [0.4, 0.5) is 4.39 Å². The molecule has 2 aromatic carbocycles. The van der Waals surface area contributed by atoms with Gasteiger partial charge in [0.15, 0.2) is 4.80 Å². The first-order chi connectivity index (χ1) is 11.5. The summed E-state index contributed by atoms with van der Waals surface area (Å²) in [6.07, 6.45) is 1.76. The molecule has 0 spiro atoms. The predicted molar refractivity (Wildman–Crippen MR) is 95.8 cm³/mol. The summed E-state index contributed by atoms with van der Waals surface area (Å²) in [5.74, 6) is -1.14. The number of hydrogen-bond donors (Lipinski definition) is 0. The van der Waals surface area contributed by atoms with Gasteiger partial charge in [-0.05, 0) is 43.2 Å². The van der Waals surface area contributed by atoms with Gasteiger partial charge in [0.1, 0.15) is 5.82 Å². The van der Waals surface area contributed by atoms with Crippen molar-refractivity contribution >= 4 is 27.5 Å². The van der Waals surface area contributed by atoms with Crippen molar-refractivity contribution in [2.45, 2.75) is 20.4 Å². The number of allylic oxidation sites excluding steroid dienone is 1. The molecule has 0 fully saturated rings. The lowest BCUT2D eigenvalue weighted by Crippen LogP contribution is -2.16. The number of fused-ring (bicyclic) bond motifs is 1. The van der Waals surface area contributed by atoms with Gasteiger partial charge >= 0.3 is 0 Å². The molecule has 0 aliphatic rings. The minimum absolute atomic E-state index is 0.0204. The Hall–Kier alpha value is -2.53. The highest BCUT2D eigenvalue weighted by Crippen LogP contribution is 2.23. The van der Waals surface area contributed by atoms with Crippen molar-refractivity contribution in [3.63, 3.8) is 0 Å². The molecule has 0 bridgehead atoms. The van der Waals surface area contributed by atoms with Crippen molar-refractivity contribution in [2.75, 3.05) is 0 Å². The Bertz CT molecular complexity index is 1010. The summed E-state index contributed by atoms with van der Waals surface area (Å²) in [5, 5.41) is 0. The molecule has 24 heavy (non-hydrogen) atoms. The second-order valence-electron chi connectivity index (χ2n) is 5.61. The van der Waals surface area contributed by atoms with Gasteiger partial charge in [-0.1, -0.05) is 35.6 Å². The molecule has 0 saturated carbocycles. The first-order valence-electron chi connectivity index (χ1n) is 7.56. The van der Waals surface area contributed by atoms with E-state index in [1.165, 1.54) is 23.5 Å². The molecule has 0 N–H and O–H groups in total. The van der Waals surface area contributed by atoms with E-state index in [-0.39, 0.29) is 5.56 Å². The van der Waals surface area contributed by atoms with Crippen LogP contribution in [-0.2, 0) is 6.54 Å². The number of benzene rings is 2. The number of carbonyl (C=O) groups excluding carboxylic acids is 1. The van der Waals surface area contributed by atoms with E-state index in [0.717, 1.165) is 21.3 Å². The molecular weight excluding hydrogens is 323 g/mol. The minimum Gasteiger partial charge on any atom is -0.312 e. The maximum atomic E-state index is 13.8. The summed E-state index contributed by atoms with van der Waals surface area (Å²) in [6.45, 7) is 8.38. The fraction of sp³-hybridized carbons (Fsp3) is 0.158. The van der Waals surface area contributed by atoms with E-state index < -0.39 is 11.7 Å². The summed E-state index contributed by atoms with van der Waals surface area (Å²) >= 11 is 1.43. The quantitative estimate of drug-likeness (QED) is 0.651. The highest BCUT2D eigenvalue weighted by molar-refractivity contribution is 7.16. The molecule has 1 amide bonds. The van der Waals surface area contributed by atoms with Crippen molar-refractivity contribution < 1.29 is 9.18 Å². The monoisotopic (exact) mass is 340 g/mol. The summed E-state index contributed by atoms with van der Waals surface area (Å²) in [7, 11) is 0. The van der Waals surface area contributed by atoms with Crippen molar-refractivity contribution in [3.8, 4) is 0 Å². The van der Waals surface area contributed by atoms with Crippen LogP contribution in [0, 0.1) is 19.7 Å². The average Bonchev–Trinajstić information content (AvgIpc) is 2.86. The van der Waals surface area contributed by atoms with E-state index in [4.69, 9.17) is 0 Å². The number of aryl methyl sites for hydroxylation is 2. The summed E-state index contributed by atoms with van der Waals surface area (Å²) < 4.78 is 16.8. The molecule has 0 unspecified atom stereocenters. The normalized spacial score (nSPS) is 11.9. The van der Waals surface area contributed by atoms with Crippen LogP contribution in [0.15, 0.2) is 54.0 Å². The maximum absolute atomic E-state index is 13.8. The molecule has 0 saturated heterocycles. The van der Waals surface area contributed by atoms with E-state index in [0.29, 0.717) is 11.3 Å². The molecule has 0 radical (unpaired) electrons. The van der Waals surface area contributed by atoms with Gasteiger partial charge in [0.2, 0.25) is 0 Å². The highest BCUT2D eigenvalue weighted by Gasteiger charge is 2.13. The maximum Gasteiger partial charge on any atom is 0.282 e. The molecular formula is C19H17FN2OS. The molecule has 1 heterocycles. The summed E-state index contributed by atoms with van der Waals surface area (Å²) in [5.41, 5.74) is 3.26. The molecule has 3 nitrogen and oxygen atoms in total. The third kappa shape index (κ3) is 2.95. The number of rotatable bonds is 3. The second kappa shape index (κ2) is 6.53. The van der Waals surface area contributed by atoms with Crippen molar-refractivity contribution in [1.82, 2.24) is 4.57 Å². The molecule has 122 valence electrons. The van der Waals surface area contributed by atoms with E-state index in [9.17, 15) is 9.18 Å². The molecule has 1 aromatic heterocycles. The van der Waals surface area contributed by atoms with E-state index >= 15 is 0 Å². The van der Waals surface area contributed by atoms with Crippen LogP contribution in [0.3, 0.4) is 0 Å². The second-order valence-corrected chi connectivity index (χ2v) is 6.59. The number of thiazole rings is 1. The Kier molecular flexibility index (Phi) is 4.44. The Morgan fingerprint density at radius 2 is 2.08 bits per heavy atom. The summed E-state index contributed by atoms with van der Waals surface area (Å²) in [6, 6.07) is 10.0. The fourth-order valence-electron chi connectivity index (χ4n) is 2.69.